The number of nitrogens with zero attached hydrogens (tertiary/aromatic N) is 2. The average Bonchev–Trinajstić information content (AvgIpc) is 2.36. The molecule has 1 aromatic carbocycles. The molecule has 2 rings (SSSR count). The zero-order valence-corrected chi connectivity index (χ0v) is 12.0. The molecule has 1 N–H and O–H groups in total. The molecule has 4 nitrogen and oxygen atoms in total. The predicted octanol–water partition coefficient (Wildman–Crippen LogP) is 2.07. The van der Waals surface area contributed by atoms with Crippen LogP contribution in [0.25, 0.3) is 0 Å². The summed E-state index contributed by atoms with van der Waals surface area (Å²) < 4.78 is 0. The van der Waals surface area contributed by atoms with E-state index in [1.807, 2.05) is 12.1 Å². The molecule has 1 amide bonds. The number of hydrogen-bond donors (Lipinski definition) is 1. The number of amides is 1. The van der Waals surface area contributed by atoms with Gasteiger partial charge in [-0.25, -0.2) is 0 Å². The van der Waals surface area contributed by atoms with Crippen LogP contribution in [0.4, 0.5) is 0 Å². The van der Waals surface area contributed by atoms with Crippen LogP contribution in [-0.4, -0.2) is 28.6 Å². The molecule has 0 radical (unpaired) electrons. The normalized spacial score (nSPS) is 17.7. The molecule has 1 saturated carbocycles. The second-order valence-electron chi connectivity index (χ2n) is 5.75. The maximum atomic E-state index is 12.4. The Morgan fingerprint density at radius 3 is 2.50 bits per heavy atom. The van der Waals surface area contributed by atoms with Crippen LogP contribution in [0.1, 0.15) is 37.3 Å². The van der Waals surface area contributed by atoms with E-state index in [0.29, 0.717) is 12.1 Å². The van der Waals surface area contributed by atoms with Crippen LogP contribution in [0.5, 0.6) is 0 Å². The van der Waals surface area contributed by atoms with Crippen LogP contribution in [-0.2, 0) is 11.3 Å². The van der Waals surface area contributed by atoms with E-state index in [-0.39, 0.29) is 11.8 Å². The van der Waals surface area contributed by atoms with Gasteiger partial charge in [-0.3, -0.25) is 4.79 Å². The lowest BCUT2D eigenvalue weighted by Gasteiger charge is -2.39. The number of carbonyl (C=O) groups is 1. The van der Waals surface area contributed by atoms with E-state index in [4.69, 9.17) is 5.26 Å². The van der Waals surface area contributed by atoms with Crippen LogP contribution < -0.4 is 0 Å². The average molecular weight is 272 g/mol. The van der Waals surface area contributed by atoms with Crippen molar-refractivity contribution in [2.45, 2.75) is 38.3 Å². The third kappa shape index (κ3) is 2.83. The number of likely N-dealkylation sites (N-methyl/N-ethyl adjacent to an activating group) is 1. The first-order valence-corrected chi connectivity index (χ1v) is 6.92. The molecule has 0 unspecified atom stereocenters. The van der Waals surface area contributed by atoms with Gasteiger partial charge in [0, 0.05) is 13.6 Å². The molecular formula is C16H20N2O2. The Morgan fingerprint density at radius 1 is 1.45 bits per heavy atom. The van der Waals surface area contributed by atoms with E-state index in [0.717, 1.165) is 24.8 Å². The van der Waals surface area contributed by atoms with Gasteiger partial charge in [-0.05, 0) is 43.4 Å². The highest BCUT2D eigenvalue weighted by Gasteiger charge is 2.43. The highest BCUT2D eigenvalue weighted by molar-refractivity contribution is 5.84. The van der Waals surface area contributed by atoms with Crippen molar-refractivity contribution >= 4 is 5.91 Å². The minimum Gasteiger partial charge on any atom is -0.380 e. The Kier molecular flexibility index (Phi) is 4.10. The lowest BCUT2D eigenvalue weighted by atomic mass is 9.73. The van der Waals surface area contributed by atoms with Gasteiger partial charge in [0.15, 0.2) is 0 Å². The lowest BCUT2D eigenvalue weighted by Crippen LogP contribution is -2.52. The molecule has 1 atom stereocenters. The number of nitriles is 1. The zero-order chi connectivity index (χ0) is 14.8. The van der Waals surface area contributed by atoms with E-state index in [1.165, 1.54) is 0 Å². The Bertz CT molecular complexity index is 524. The van der Waals surface area contributed by atoms with Crippen molar-refractivity contribution in [1.29, 1.82) is 5.26 Å². The maximum Gasteiger partial charge on any atom is 0.254 e. The van der Waals surface area contributed by atoms with E-state index in [2.05, 4.69) is 6.07 Å². The highest BCUT2D eigenvalue weighted by atomic mass is 16.3. The van der Waals surface area contributed by atoms with Gasteiger partial charge in [0.2, 0.25) is 0 Å². The Labute approximate surface area is 119 Å². The second-order valence-corrected chi connectivity index (χ2v) is 5.75. The lowest BCUT2D eigenvalue weighted by molar-refractivity contribution is -0.158. The van der Waals surface area contributed by atoms with Crippen LogP contribution >= 0.6 is 0 Å². The summed E-state index contributed by atoms with van der Waals surface area (Å²) in [6, 6.07) is 9.20. The Morgan fingerprint density at radius 2 is 2.05 bits per heavy atom. The largest absolute Gasteiger partial charge is 0.380 e. The van der Waals surface area contributed by atoms with E-state index in [9.17, 15) is 9.90 Å². The Hall–Kier alpha value is -1.86. The van der Waals surface area contributed by atoms with Crippen LogP contribution in [0, 0.1) is 17.2 Å². The zero-order valence-electron chi connectivity index (χ0n) is 12.0. The molecule has 1 aliphatic carbocycles. The molecule has 1 aromatic rings. The van der Waals surface area contributed by atoms with Crippen molar-refractivity contribution in [1.82, 2.24) is 4.90 Å². The van der Waals surface area contributed by atoms with Crippen LogP contribution in [0.15, 0.2) is 24.3 Å². The van der Waals surface area contributed by atoms with Crippen molar-refractivity contribution < 1.29 is 9.90 Å². The number of benzene rings is 1. The van der Waals surface area contributed by atoms with Gasteiger partial charge in [-0.1, -0.05) is 18.6 Å². The fraction of sp³-hybridized carbons (Fsp3) is 0.500. The third-order valence-electron chi connectivity index (χ3n) is 4.18. The van der Waals surface area contributed by atoms with Gasteiger partial charge >= 0.3 is 0 Å². The summed E-state index contributed by atoms with van der Waals surface area (Å²) in [5.41, 5.74) is 0.285. The molecule has 106 valence electrons. The van der Waals surface area contributed by atoms with Crippen LogP contribution in [0.3, 0.4) is 0 Å². The number of hydrogen-bond acceptors (Lipinski definition) is 3. The van der Waals surface area contributed by atoms with Crippen molar-refractivity contribution in [2.24, 2.45) is 5.92 Å². The van der Waals surface area contributed by atoms with Gasteiger partial charge in [-0.2, -0.15) is 5.26 Å². The third-order valence-corrected chi connectivity index (χ3v) is 4.18. The molecule has 1 aliphatic rings. The number of carbonyl (C=O) groups excluding carboxylic acids is 1. The summed E-state index contributed by atoms with van der Waals surface area (Å²) in [6.45, 7) is 2.06. The second kappa shape index (κ2) is 5.64. The summed E-state index contributed by atoms with van der Waals surface area (Å²) in [4.78, 5) is 13.9. The molecule has 0 saturated heterocycles. The van der Waals surface area contributed by atoms with E-state index >= 15 is 0 Å². The highest BCUT2D eigenvalue weighted by Crippen LogP contribution is 2.37. The first kappa shape index (κ1) is 14.5. The SMILES string of the molecule is CN(Cc1ccc(C#N)cc1)C(=O)[C@@](C)(O)C1CCC1. The van der Waals surface area contributed by atoms with Crippen molar-refractivity contribution in [3.05, 3.63) is 35.4 Å². The van der Waals surface area contributed by atoms with Gasteiger partial charge in [-0.15, -0.1) is 0 Å². The first-order valence-electron chi connectivity index (χ1n) is 6.92. The van der Waals surface area contributed by atoms with Crippen molar-refractivity contribution in [3.8, 4) is 6.07 Å². The molecular weight excluding hydrogens is 252 g/mol. The standard InChI is InChI=1S/C16H20N2O2/c1-16(20,14-4-3-5-14)15(19)18(2)11-13-8-6-12(10-17)7-9-13/h6-9,14,20H,3-5,11H2,1-2H3/t16-/m0/s1. The van der Waals surface area contributed by atoms with Crippen molar-refractivity contribution in [3.63, 3.8) is 0 Å². The summed E-state index contributed by atoms with van der Waals surface area (Å²) in [6.07, 6.45) is 2.93. The smallest absolute Gasteiger partial charge is 0.254 e. The fourth-order valence-corrected chi connectivity index (χ4v) is 2.56. The van der Waals surface area contributed by atoms with Gasteiger partial charge in [0.1, 0.15) is 5.60 Å². The molecule has 0 spiro atoms. The fourth-order valence-electron chi connectivity index (χ4n) is 2.56. The Balaban J connectivity index is 2.01. The predicted molar refractivity (Wildman–Crippen MR) is 75.6 cm³/mol. The van der Waals surface area contributed by atoms with Crippen LogP contribution in [0.2, 0.25) is 0 Å². The van der Waals surface area contributed by atoms with E-state index in [1.54, 1.807) is 31.0 Å². The molecule has 0 bridgehead atoms. The summed E-state index contributed by atoms with van der Waals surface area (Å²) >= 11 is 0. The number of aliphatic hydroxyl groups is 1. The van der Waals surface area contributed by atoms with Gasteiger partial charge in [0.05, 0.1) is 11.6 Å². The molecule has 4 heteroatoms. The topological polar surface area (TPSA) is 64.3 Å². The van der Waals surface area contributed by atoms with Gasteiger partial charge in [0.25, 0.3) is 5.91 Å². The number of rotatable bonds is 4. The van der Waals surface area contributed by atoms with E-state index < -0.39 is 5.60 Å². The molecule has 0 heterocycles. The molecule has 0 aliphatic heterocycles. The maximum absolute atomic E-state index is 12.4. The quantitative estimate of drug-likeness (QED) is 0.912. The monoisotopic (exact) mass is 272 g/mol. The minimum atomic E-state index is -1.26. The summed E-state index contributed by atoms with van der Waals surface area (Å²) in [7, 11) is 1.70. The van der Waals surface area contributed by atoms with Gasteiger partial charge < -0.3 is 10.0 Å². The first-order chi connectivity index (χ1) is 9.45. The summed E-state index contributed by atoms with van der Waals surface area (Å²) in [5.74, 6) is -0.148. The summed E-state index contributed by atoms with van der Waals surface area (Å²) in [5, 5.41) is 19.2. The van der Waals surface area contributed by atoms with Crippen molar-refractivity contribution in [2.75, 3.05) is 7.05 Å². The molecule has 20 heavy (non-hydrogen) atoms. The molecule has 1 fully saturated rings. The minimum absolute atomic E-state index is 0.0819. The molecule has 0 aromatic heterocycles.